The van der Waals surface area contributed by atoms with Gasteiger partial charge >= 0.3 is 12.0 Å². The Morgan fingerprint density at radius 2 is 2.15 bits per heavy atom. The molecule has 0 aromatic heterocycles. The second-order valence-corrected chi connectivity index (χ2v) is 6.62. The molecule has 2 atom stereocenters. The third kappa shape index (κ3) is 6.61. The third-order valence-electron chi connectivity index (χ3n) is 4.47. The number of nitrogens with zero attached hydrogens (tertiary/aromatic N) is 1. The van der Waals surface area contributed by atoms with Crippen molar-refractivity contribution in [2.24, 2.45) is 0 Å². The van der Waals surface area contributed by atoms with E-state index in [1.807, 2.05) is 6.07 Å². The molecule has 0 spiro atoms. The van der Waals surface area contributed by atoms with Crippen molar-refractivity contribution in [1.82, 2.24) is 21.1 Å². The number of hydrogen-bond acceptors (Lipinski definition) is 4. The Labute approximate surface area is 152 Å². The first-order chi connectivity index (χ1) is 12.5. The zero-order valence-electron chi connectivity index (χ0n) is 15.0. The number of benzene rings is 1. The van der Waals surface area contributed by atoms with E-state index in [9.17, 15) is 14.0 Å². The van der Waals surface area contributed by atoms with E-state index in [2.05, 4.69) is 16.2 Å². The van der Waals surface area contributed by atoms with Crippen LogP contribution in [0.2, 0.25) is 0 Å². The van der Waals surface area contributed by atoms with Crippen LogP contribution < -0.4 is 16.2 Å². The number of hydrazine groups is 1. The van der Waals surface area contributed by atoms with E-state index in [1.54, 1.807) is 24.1 Å². The van der Waals surface area contributed by atoms with Gasteiger partial charge in [-0.05, 0) is 43.4 Å². The monoisotopic (exact) mass is 366 g/mol. The fourth-order valence-electron chi connectivity index (χ4n) is 3.00. The molecule has 2 amide bonds. The minimum absolute atomic E-state index is 0.0524. The predicted octanol–water partition coefficient (Wildman–Crippen LogP) is 2.02. The van der Waals surface area contributed by atoms with Crippen LogP contribution in [0.3, 0.4) is 0 Å². The van der Waals surface area contributed by atoms with Gasteiger partial charge in [0, 0.05) is 38.6 Å². The van der Waals surface area contributed by atoms with E-state index in [1.165, 1.54) is 6.07 Å². The first kappa shape index (κ1) is 20.1. The normalized spacial score (nSPS) is 19.3. The average molecular weight is 366 g/mol. The van der Waals surface area contributed by atoms with Gasteiger partial charge in [-0.1, -0.05) is 12.1 Å². The molecule has 4 N–H and O–H groups in total. The van der Waals surface area contributed by atoms with Gasteiger partial charge in [-0.25, -0.2) is 9.18 Å². The van der Waals surface area contributed by atoms with E-state index < -0.39 is 5.97 Å². The highest BCUT2D eigenvalue weighted by molar-refractivity contribution is 5.73. The number of rotatable bonds is 9. The molecule has 1 aromatic rings. The fourth-order valence-corrected chi connectivity index (χ4v) is 3.00. The lowest BCUT2D eigenvalue weighted by Gasteiger charge is -2.18. The quantitative estimate of drug-likeness (QED) is 0.502. The summed E-state index contributed by atoms with van der Waals surface area (Å²) in [6.07, 6.45) is 3.09. The summed E-state index contributed by atoms with van der Waals surface area (Å²) < 4.78 is 13.3. The van der Waals surface area contributed by atoms with Crippen LogP contribution in [-0.4, -0.2) is 48.2 Å². The zero-order chi connectivity index (χ0) is 18.9. The zero-order valence-corrected chi connectivity index (χ0v) is 15.0. The van der Waals surface area contributed by atoms with Gasteiger partial charge in [0.05, 0.1) is 0 Å². The minimum atomic E-state index is -0.859. The van der Waals surface area contributed by atoms with Crippen LogP contribution in [0.5, 0.6) is 0 Å². The second-order valence-electron chi connectivity index (χ2n) is 6.62. The number of aliphatic carboxylic acids is 1. The predicted molar refractivity (Wildman–Crippen MR) is 95.9 cm³/mol. The van der Waals surface area contributed by atoms with Crippen molar-refractivity contribution < 1.29 is 19.1 Å². The molecule has 144 valence electrons. The number of carboxylic acid groups (broad SMARTS) is 1. The molecule has 1 fully saturated rings. The van der Waals surface area contributed by atoms with Gasteiger partial charge in [-0.15, -0.1) is 0 Å². The fraction of sp³-hybridized carbons (Fsp3) is 0.556. The molecule has 0 radical (unpaired) electrons. The van der Waals surface area contributed by atoms with Crippen LogP contribution in [0.1, 0.15) is 43.7 Å². The summed E-state index contributed by atoms with van der Waals surface area (Å²) in [6.45, 7) is 0.979. The molecule has 0 aliphatic carbocycles. The molecule has 2 rings (SSSR count). The Hall–Kier alpha value is -2.19. The van der Waals surface area contributed by atoms with Crippen molar-refractivity contribution in [3.63, 3.8) is 0 Å². The maximum absolute atomic E-state index is 13.3. The molecule has 0 bridgehead atoms. The number of nitrogens with one attached hydrogen (secondary N) is 3. The number of halogens is 1. The molecule has 1 aliphatic rings. The van der Waals surface area contributed by atoms with Gasteiger partial charge in [0.25, 0.3) is 0 Å². The van der Waals surface area contributed by atoms with Crippen LogP contribution >= 0.6 is 0 Å². The molecule has 2 unspecified atom stereocenters. The molecular formula is C18H27FN4O3. The Balaban J connectivity index is 1.62. The Morgan fingerprint density at radius 1 is 1.35 bits per heavy atom. The van der Waals surface area contributed by atoms with Crippen LogP contribution in [-0.2, 0) is 4.79 Å². The van der Waals surface area contributed by atoms with Crippen LogP contribution in [0.25, 0.3) is 0 Å². The van der Waals surface area contributed by atoms with E-state index in [-0.39, 0.29) is 30.4 Å². The molecule has 1 saturated heterocycles. The molecule has 8 heteroatoms. The molecule has 0 saturated carbocycles. The van der Waals surface area contributed by atoms with Crippen LogP contribution in [0, 0.1) is 5.82 Å². The van der Waals surface area contributed by atoms with E-state index >= 15 is 0 Å². The summed E-state index contributed by atoms with van der Waals surface area (Å²) >= 11 is 0. The number of amides is 2. The summed E-state index contributed by atoms with van der Waals surface area (Å²) in [5.41, 5.74) is 7.36. The minimum Gasteiger partial charge on any atom is -0.481 e. The van der Waals surface area contributed by atoms with Crippen molar-refractivity contribution in [3.05, 3.63) is 35.6 Å². The lowest BCUT2D eigenvalue weighted by atomic mass is 9.99. The van der Waals surface area contributed by atoms with Gasteiger partial charge in [-0.2, -0.15) is 0 Å². The van der Waals surface area contributed by atoms with Gasteiger partial charge in [-0.3, -0.25) is 15.6 Å². The molecule has 26 heavy (non-hydrogen) atoms. The van der Waals surface area contributed by atoms with Crippen molar-refractivity contribution in [2.75, 3.05) is 20.1 Å². The van der Waals surface area contributed by atoms with Crippen molar-refractivity contribution in [2.45, 2.75) is 44.2 Å². The summed E-state index contributed by atoms with van der Waals surface area (Å²) in [5, 5.41) is 11.3. The molecular weight excluding hydrogens is 339 g/mol. The molecule has 1 aromatic carbocycles. The summed E-state index contributed by atoms with van der Waals surface area (Å²) in [5.74, 6) is -1.09. The number of hydrogen-bond donors (Lipinski definition) is 4. The molecule has 1 aliphatic heterocycles. The highest BCUT2D eigenvalue weighted by atomic mass is 19.1. The SMILES string of the molecule is CN(CCCC1CC(c2cccc(F)c2)NN1)C(=O)NCCCC(=O)O. The Bertz CT molecular complexity index is 614. The van der Waals surface area contributed by atoms with E-state index in [0.717, 1.165) is 24.8 Å². The lowest BCUT2D eigenvalue weighted by molar-refractivity contribution is -0.137. The lowest BCUT2D eigenvalue weighted by Crippen LogP contribution is -2.39. The maximum Gasteiger partial charge on any atom is 0.317 e. The van der Waals surface area contributed by atoms with Crippen molar-refractivity contribution in [3.8, 4) is 0 Å². The first-order valence-corrected chi connectivity index (χ1v) is 8.93. The van der Waals surface area contributed by atoms with Gasteiger partial charge in [0.2, 0.25) is 0 Å². The van der Waals surface area contributed by atoms with E-state index in [4.69, 9.17) is 5.11 Å². The van der Waals surface area contributed by atoms with Crippen molar-refractivity contribution in [1.29, 1.82) is 0 Å². The third-order valence-corrected chi connectivity index (χ3v) is 4.47. The summed E-state index contributed by atoms with van der Waals surface area (Å²) in [6, 6.07) is 6.78. The average Bonchev–Trinajstić information content (AvgIpc) is 3.07. The van der Waals surface area contributed by atoms with Gasteiger partial charge < -0.3 is 15.3 Å². The smallest absolute Gasteiger partial charge is 0.317 e. The van der Waals surface area contributed by atoms with Crippen LogP contribution in [0.15, 0.2) is 24.3 Å². The van der Waals surface area contributed by atoms with Crippen LogP contribution in [0.4, 0.5) is 9.18 Å². The van der Waals surface area contributed by atoms with Gasteiger partial charge in [0.1, 0.15) is 5.82 Å². The maximum atomic E-state index is 13.3. The first-order valence-electron chi connectivity index (χ1n) is 8.93. The number of carbonyl (C=O) groups excluding carboxylic acids is 1. The van der Waals surface area contributed by atoms with Gasteiger partial charge in [0.15, 0.2) is 0 Å². The molecule has 1 heterocycles. The Morgan fingerprint density at radius 3 is 2.88 bits per heavy atom. The molecule has 7 nitrogen and oxygen atoms in total. The number of carboxylic acids is 1. The summed E-state index contributed by atoms with van der Waals surface area (Å²) in [7, 11) is 1.72. The number of urea groups is 1. The standard InChI is InChI=1S/C18H27FN4O3/c1-23(18(26)20-9-3-8-17(24)25)10-4-7-15-12-16(22-21-15)13-5-2-6-14(19)11-13/h2,5-6,11,15-16,21-22H,3-4,7-10,12H2,1H3,(H,20,26)(H,24,25). The summed E-state index contributed by atoms with van der Waals surface area (Å²) in [4.78, 5) is 23.9. The van der Waals surface area contributed by atoms with Crippen molar-refractivity contribution >= 4 is 12.0 Å². The largest absolute Gasteiger partial charge is 0.481 e. The second kappa shape index (κ2) is 10.1. The Kier molecular flexibility index (Phi) is 7.80. The van der Waals surface area contributed by atoms with E-state index in [0.29, 0.717) is 19.5 Å². The highest BCUT2D eigenvalue weighted by Gasteiger charge is 2.24. The topological polar surface area (TPSA) is 93.7 Å². The number of carbonyl (C=O) groups is 2. The highest BCUT2D eigenvalue weighted by Crippen LogP contribution is 2.24.